The van der Waals surface area contributed by atoms with Crippen molar-refractivity contribution in [2.45, 2.75) is 13.5 Å². The minimum atomic E-state index is -0.0652. The Morgan fingerprint density at radius 3 is 2.87 bits per heavy atom. The van der Waals surface area contributed by atoms with Crippen molar-refractivity contribution < 1.29 is 0 Å². The average Bonchev–Trinajstić information content (AvgIpc) is 2.94. The molecule has 0 spiro atoms. The lowest BCUT2D eigenvalue weighted by atomic mass is 10.2. The molecule has 114 valence electrons. The predicted molar refractivity (Wildman–Crippen MR) is 92.7 cm³/mol. The van der Waals surface area contributed by atoms with E-state index in [1.807, 2.05) is 41.9 Å². The Hall–Kier alpha value is -2.47. The van der Waals surface area contributed by atoms with Crippen LogP contribution in [0.4, 0.5) is 0 Å². The number of rotatable bonds is 2. The van der Waals surface area contributed by atoms with Crippen molar-refractivity contribution in [3.8, 4) is 0 Å². The number of halogens is 1. The molecule has 0 aromatic carbocycles. The highest BCUT2D eigenvalue weighted by Crippen LogP contribution is 2.20. The first-order chi connectivity index (χ1) is 11.1. The largest absolute Gasteiger partial charge is 0.308 e. The molecule has 0 radical (unpaired) electrons. The van der Waals surface area contributed by atoms with Gasteiger partial charge in [-0.1, -0.05) is 6.07 Å². The summed E-state index contributed by atoms with van der Waals surface area (Å²) in [4.78, 5) is 21.2. The van der Waals surface area contributed by atoms with E-state index in [-0.39, 0.29) is 5.56 Å². The van der Waals surface area contributed by atoms with E-state index < -0.39 is 0 Å². The molecule has 5 nitrogen and oxygen atoms in total. The molecule has 0 atom stereocenters. The summed E-state index contributed by atoms with van der Waals surface area (Å²) in [6, 6.07) is 5.83. The number of pyridine rings is 3. The van der Waals surface area contributed by atoms with Gasteiger partial charge in [0.25, 0.3) is 5.56 Å². The molecule has 6 heteroatoms. The summed E-state index contributed by atoms with van der Waals surface area (Å²) < 4.78 is 4.50. The summed E-state index contributed by atoms with van der Waals surface area (Å²) in [5.74, 6) is 0. The molecule has 4 rings (SSSR count). The number of imidazole rings is 1. The molecule has 0 bridgehead atoms. The summed E-state index contributed by atoms with van der Waals surface area (Å²) in [5, 5.41) is 1.47. The summed E-state index contributed by atoms with van der Waals surface area (Å²) in [5.41, 5.74) is 2.82. The quantitative estimate of drug-likeness (QED) is 0.546. The van der Waals surface area contributed by atoms with E-state index in [0.29, 0.717) is 11.9 Å². The van der Waals surface area contributed by atoms with Crippen molar-refractivity contribution in [2.75, 3.05) is 0 Å². The maximum atomic E-state index is 12.6. The smallest absolute Gasteiger partial charge is 0.260 e. The van der Waals surface area contributed by atoms with Crippen molar-refractivity contribution in [1.29, 1.82) is 0 Å². The van der Waals surface area contributed by atoms with Crippen LogP contribution in [-0.4, -0.2) is 18.9 Å². The molecule has 0 saturated heterocycles. The van der Waals surface area contributed by atoms with Gasteiger partial charge < -0.3 is 8.97 Å². The van der Waals surface area contributed by atoms with E-state index >= 15 is 0 Å². The zero-order valence-corrected chi connectivity index (χ0v) is 14.0. The van der Waals surface area contributed by atoms with Crippen LogP contribution in [0.3, 0.4) is 0 Å². The first-order valence-corrected chi connectivity index (χ1v) is 7.98. The fraction of sp³-hybridized carbons (Fsp3) is 0.118. The molecular weight excluding hydrogens is 356 g/mol. The minimum Gasteiger partial charge on any atom is -0.308 e. The van der Waals surface area contributed by atoms with Crippen molar-refractivity contribution in [2.24, 2.45) is 0 Å². The number of fused-ring (bicyclic) bond motifs is 2. The summed E-state index contributed by atoms with van der Waals surface area (Å²) in [7, 11) is 0. The molecular formula is C17H13BrN4O. The normalized spacial score (nSPS) is 11.4. The molecule has 0 aliphatic heterocycles. The van der Waals surface area contributed by atoms with Crippen LogP contribution in [-0.2, 0) is 6.54 Å². The Labute approximate surface area is 140 Å². The van der Waals surface area contributed by atoms with Crippen molar-refractivity contribution >= 4 is 32.3 Å². The van der Waals surface area contributed by atoms with E-state index in [9.17, 15) is 4.79 Å². The van der Waals surface area contributed by atoms with Crippen LogP contribution in [0.2, 0.25) is 0 Å². The standard InChI is InChI=1S/C17H13BrN4O/c1-11-2-3-16-20-12(8-21(16)7-11)9-22-10-15(18)13-4-5-19-6-14(13)17(22)23/h2-8,10H,9H2,1H3. The van der Waals surface area contributed by atoms with Gasteiger partial charge in [-0.15, -0.1) is 0 Å². The fourth-order valence-electron chi connectivity index (χ4n) is 2.72. The molecule has 4 aromatic rings. The second kappa shape index (κ2) is 5.31. The molecule has 4 heterocycles. The Bertz CT molecular complexity index is 1100. The predicted octanol–water partition coefficient (Wildman–Crippen LogP) is 3.16. The van der Waals surface area contributed by atoms with Crippen LogP contribution in [0.1, 0.15) is 11.3 Å². The zero-order valence-electron chi connectivity index (χ0n) is 12.4. The number of aromatic nitrogens is 4. The lowest BCUT2D eigenvalue weighted by molar-refractivity contribution is 0.749. The third-order valence-corrected chi connectivity index (χ3v) is 4.45. The summed E-state index contributed by atoms with van der Waals surface area (Å²) in [6.07, 6.45) is 9.07. The van der Waals surface area contributed by atoms with Crippen LogP contribution >= 0.6 is 15.9 Å². The molecule has 0 N–H and O–H groups in total. The lowest BCUT2D eigenvalue weighted by Gasteiger charge is -2.07. The van der Waals surface area contributed by atoms with Gasteiger partial charge in [0.05, 0.1) is 17.6 Å². The molecule has 0 aliphatic carbocycles. The fourth-order valence-corrected chi connectivity index (χ4v) is 3.31. The van der Waals surface area contributed by atoms with Crippen LogP contribution < -0.4 is 5.56 Å². The molecule has 0 aliphatic rings. The third-order valence-electron chi connectivity index (χ3n) is 3.82. The number of hydrogen-bond donors (Lipinski definition) is 0. The van der Waals surface area contributed by atoms with Gasteiger partial charge in [0, 0.05) is 40.8 Å². The Balaban J connectivity index is 1.82. The van der Waals surface area contributed by atoms with Crippen LogP contribution in [0.15, 0.2) is 58.5 Å². The van der Waals surface area contributed by atoms with Gasteiger partial charge in [-0.05, 0) is 40.5 Å². The summed E-state index contributed by atoms with van der Waals surface area (Å²) >= 11 is 3.53. The highest BCUT2D eigenvalue weighted by atomic mass is 79.9. The second-order valence-electron chi connectivity index (χ2n) is 5.54. The van der Waals surface area contributed by atoms with E-state index in [4.69, 9.17) is 0 Å². The van der Waals surface area contributed by atoms with Crippen LogP contribution in [0.25, 0.3) is 16.4 Å². The summed E-state index contributed by atoms with van der Waals surface area (Å²) in [6.45, 7) is 2.46. The van der Waals surface area contributed by atoms with Gasteiger partial charge in [0.15, 0.2) is 0 Å². The molecule has 0 fully saturated rings. The van der Waals surface area contributed by atoms with Gasteiger partial charge in [-0.25, -0.2) is 4.98 Å². The molecule has 4 aromatic heterocycles. The Morgan fingerprint density at radius 1 is 1.13 bits per heavy atom. The van der Waals surface area contributed by atoms with E-state index in [2.05, 4.69) is 25.9 Å². The van der Waals surface area contributed by atoms with E-state index in [1.165, 1.54) is 0 Å². The van der Waals surface area contributed by atoms with Crippen LogP contribution in [0, 0.1) is 6.92 Å². The SMILES string of the molecule is Cc1ccc2nc(Cn3cc(Br)c4ccncc4c3=O)cn2c1. The monoisotopic (exact) mass is 368 g/mol. The molecule has 0 unspecified atom stereocenters. The number of hydrogen-bond acceptors (Lipinski definition) is 3. The number of aryl methyl sites for hydroxylation is 1. The van der Waals surface area contributed by atoms with Gasteiger partial charge in [0.1, 0.15) is 5.65 Å². The minimum absolute atomic E-state index is 0.0652. The second-order valence-corrected chi connectivity index (χ2v) is 6.39. The molecule has 23 heavy (non-hydrogen) atoms. The van der Waals surface area contributed by atoms with Gasteiger partial charge in [-0.3, -0.25) is 9.78 Å². The van der Waals surface area contributed by atoms with Crippen molar-refractivity contribution in [3.05, 3.63) is 75.3 Å². The van der Waals surface area contributed by atoms with Crippen molar-refractivity contribution in [3.63, 3.8) is 0 Å². The first-order valence-electron chi connectivity index (χ1n) is 7.19. The first kappa shape index (κ1) is 14.1. The number of nitrogens with zero attached hydrogens (tertiary/aromatic N) is 4. The highest BCUT2D eigenvalue weighted by molar-refractivity contribution is 9.10. The Morgan fingerprint density at radius 2 is 2.00 bits per heavy atom. The van der Waals surface area contributed by atoms with Crippen LogP contribution in [0.5, 0.6) is 0 Å². The molecule has 0 saturated carbocycles. The lowest BCUT2D eigenvalue weighted by Crippen LogP contribution is -2.20. The van der Waals surface area contributed by atoms with E-state index in [0.717, 1.165) is 26.8 Å². The topological polar surface area (TPSA) is 52.2 Å². The zero-order chi connectivity index (χ0) is 16.0. The maximum Gasteiger partial charge on any atom is 0.260 e. The highest BCUT2D eigenvalue weighted by Gasteiger charge is 2.09. The van der Waals surface area contributed by atoms with Crippen molar-refractivity contribution in [1.82, 2.24) is 18.9 Å². The third kappa shape index (κ3) is 2.45. The van der Waals surface area contributed by atoms with Gasteiger partial charge >= 0.3 is 0 Å². The molecule has 0 amide bonds. The van der Waals surface area contributed by atoms with Gasteiger partial charge in [0.2, 0.25) is 0 Å². The van der Waals surface area contributed by atoms with E-state index in [1.54, 1.807) is 23.2 Å². The maximum absolute atomic E-state index is 12.6. The Kier molecular flexibility index (Phi) is 3.27. The average molecular weight is 369 g/mol. The van der Waals surface area contributed by atoms with Gasteiger partial charge in [-0.2, -0.15) is 0 Å².